The van der Waals surface area contributed by atoms with Crippen molar-refractivity contribution in [3.63, 3.8) is 0 Å². The van der Waals surface area contributed by atoms with E-state index in [0.717, 1.165) is 6.42 Å². The zero-order valence-corrected chi connectivity index (χ0v) is 12.6. The minimum Gasteiger partial charge on any atom is -0.490 e. The first-order valence-electron chi connectivity index (χ1n) is 6.04. The van der Waals surface area contributed by atoms with Gasteiger partial charge in [0.1, 0.15) is 4.34 Å². The van der Waals surface area contributed by atoms with Crippen LogP contribution in [-0.4, -0.2) is 19.0 Å². The number of thiophene rings is 1. The summed E-state index contributed by atoms with van der Waals surface area (Å²) in [5, 5.41) is 0. The normalized spacial score (nSPS) is 13.9. The summed E-state index contributed by atoms with van der Waals surface area (Å²) in [5.74, 6) is 1.08. The molecule has 1 aliphatic heterocycles. The Bertz CT molecular complexity index is 666. The van der Waals surface area contributed by atoms with Crippen LogP contribution in [-0.2, 0) is 0 Å². The largest absolute Gasteiger partial charge is 0.490 e. The Kier molecular flexibility index (Phi) is 3.87. The summed E-state index contributed by atoms with van der Waals surface area (Å²) in [6.07, 6.45) is 0.823. The van der Waals surface area contributed by atoms with Crippen molar-refractivity contribution < 1.29 is 14.3 Å². The fourth-order valence-electron chi connectivity index (χ4n) is 1.96. The molecule has 0 unspecified atom stereocenters. The van der Waals surface area contributed by atoms with Crippen molar-refractivity contribution in [2.75, 3.05) is 13.2 Å². The molecule has 20 heavy (non-hydrogen) atoms. The van der Waals surface area contributed by atoms with Gasteiger partial charge in [0.05, 0.1) is 23.1 Å². The number of fused-ring (bicyclic) bond motifs is 1. The quantitative estimate of drug-likeness (QED) is 0.764. The first kappa shape index (κ1) is 13.7. The zero-order chi connectivity index (χ0) is 14.1. The Labute approximate surface area is 130 Å². The van der Waals surface area contributed by atoms with E-state index in [1.54, 1.807) is 24.3 Å². The number of ketones is 1. The van der Waals surface area contributed by atoms with Crippen LogP contribution in [0.3, 0.4) is 0 Å². The molecule has 2 aromatic rings. The van der Waals surface area contributed by atoms with Gasteiger partial charge in [-0.2, -0.15) is 0 Å². The molecule has 104 valence electrons. The summed E-state index contributed by atoms with van der Waals surface area (Å²) in [6.45, 7) is 1.20. The number of benzene rings is 1. The minimum atomic E-state index is -0.172. The van der Waals surface area contributed by atoms with Crippen molar-refractivity contribution in [3.8, 4) is 11.5 Å². The Hall–Kier alpha value is -1.23. The number of halogens is 2. The molecule has 2 heterocycles. The van der Waals surface area contributed by atoms with Crippen molar-refractivity contribution in [1.82, 2.24) is 0 Å². The molecule has 0 saturated carbocycles. The highest BCUT2D eigenvalue weighted by Crippen LogP contribution is 2.35. The van der Waals surface area contributed by atoms with E-state index in [2.05, 4.69) is 0 Å². The Morgan fingerprint density at radius 1 is 1.10 bits per heavy atom. The van der Waals surface area contributed by atoms with Gasteiger partial charge in [0, 0.05) is 12.0 Å². The maximum atomic E-state index is 12.4. The predicted octanol–water partition coefficient (Wildman–Crippen LogP) is 4.45. The summed E-state index contributed by atoms with van der Waals surface area (Å²) >= 11 is 13.1. The number of hydrogen-bond acceptors (Lipinski definition) is 4. The third kappa shape index (κ3) is 2.64. The number of rotatable bonds is 2. The first-order valence-corrected chi connectivity index (χ1v) is 7.61. The fourth-order valence-corrected chi connectivity index (χ4v) is 3.41. The summed E-state index contributed by atoms with van der Waals surface area (Å²) < 4.78 is 12.0. The lowest BCUT2D eigenvalue weighted by Crippen LogP contribution is -2.01. The molecule has 0 saturated heterocycles. The van der Waals surface area contributed by atoms with Crippen LogP contribution < -0.4 is 9.47 Å². The van der Waals surface area contributed by atoms with Crippen molar-refractivity contribution >= 4 is 40.3 Å². The van der Waals surface area contributed by atoms with Gasteiger partial charge in [0.25, 0.3) is 0 Å². The highest BCUT2D eigenvalue weighted by Gasteiger charge is 2.19. The lowest BCUT2D eigenvalue weighted by Gasteiger charge is -2.08. The summed E-state index contributed by atoms with van der Waals surface area (Å²) in [5.41, 5.74) is 0.918. The highest BCUT2D eigenvalue weighted by atomic mass is 35.5. The molecule has 1 aromatic carbocycles. The standard InChI is InChI=1S/C14H10Cl2O3S/c15-12-7-9(14(16)20-12)13(17)8-2-3-10-11(6-8)19-5-1-4-18-10/h2-3,6-7H,1,4-5H2. The molecule has 0 fully saturated rings. The number of hydrogen-bond donors (Lipinski definition) is 0. The summed E-state index contributed by atoms with van der Waals surface area (Å²) in [6, 6.07) is 6.72. The third-order valence-corrected chi connectivity index (χ3v) is 4.40. The van der Waals surface area contributed by atoms with Crippen LogP contribution in [0.15, 0.2) is 24.3 Å². The third-order valence-electron chi connectivity index (χ3n) is 2.91. The Morgan fingerprint density at radius 3 is 2.55 bits per heavy atom. The number of carbonyl (C=O) groups is 1. The van der Waals surface area contributed by atoms with E-state index in [1.807, 2.05) is 0 Å². The molecule has 0 aliphatic carbocycles. The van der Waals surface area contributed by atoms with Crippen LogP contribution in [0, 0.1) is 0 Å². The highest BCUT2D eigenvalue weighted by molar-refractivity contribution is 7.20. The van der Waals surface area contributed by atoms with Crippen molar-refractivity contribution in [1.29, 1.82) is 0 Å². The van der Waals surface area contributed by atoms with Crippen LogP contribution in [0.1, 0.15) is 22.3 Å². The molecule has 0 atom stereocenters. The molecule has 0 spiro atoms. The van der Waals surface area contributed by atoms with E-state index in [4.69, 9.17) is 32.7 Å². The van der Waals surface area contributed by atoms with Crippen molar-refractivity contribution in [3.05, 3.63) is 44.1 Å². The molecule has 3 nitrogen and oxygen atoms in total. The van der Waals surface area contributed by atoms with E-state index in [9.17, 15) is 4.79 Å². The monoisotopic (exact) mass is 328 g/mol. The van der Waals surface area contributed by atoms with E-state index in [-0.39, 0.29) is 5.78 Å². The zero-order valence-electron chi connectivity index (χ0n) is 10.3. The van der Waals surface area contributed by atoms with E-state index in [1.165, 1.54) is 11.3 Å². The van der Waals surface area contributed by atoms with Crippen molar-refractivity contribution in [2.24, 2.45) is 0 Å². The average Bonchev–Trinajstić information content (AvgIpc) is 2.65. The molecule has 6 heteroatoms. The van der Waals surface area contributed by atoms with Gasteiger partial charge < -0.3 is 9.47 Å². The summed E-state index contributed by atoms with van der Waals surface area (Å²) in [4.78, 5) is 12.4. The van der Waals surface area contributed by atoms with Gasteiger partial charge in [-0.25, -0.2) is 0 Å². The SMILES string of the molecule is O=C(c1ccc2c(c1)OCCCO2)c1cc(Cl)sc1Cl. The molecule has 1 aliphatic rings. The molecular weight excluding hydrogens is 319 g/mol. The topological polar surface area (TPSA) is 35.5 Å². The van der Waals surface area contributed by atoms with E-state index < -0.39 is 0 Å². The van der Waals surface area contributed by atoms with Gasteiger partial charge in [0.15, 0.2) is 17.3 Å². The molecule has 3 rings (SSSR count). The van der Waals surface area contributed by atoms with Crippen LogP contribution in [0.4, 0.5) is 0 Å². The maximum absolute atomic E-state index is 12.4. The molecule has 1 aromatic heterocycles. The molecule has 0 bridgehead atoms. The number of ether oxygens (including phenoxy) is 2. The van der Waals surface area contributed by atoms with Gasteiger partial charge in [-0.05, 0) is 24.3 Å². The fraction of sp³-hybridized carbons (Fsp3) is 0.214. The van der Waals surface area contributed by atoms with Crippen molar-refractivity contribution in [2.45, 2.75) is 6.42 Å². The molecule has 0 radical (unpaired) electrons. The smallest absolute Gasteiger partial charge is 0.195 e. The second-order valence-corrected chi connectivity index (χ2v) is 6.56. The van der Waals surface area contributed by atoms with Crippen LogP contribution in [0.2, 0.25) is 8.67 Å². The lowest BCUT2D eigenvalue weighted by molar-refractivity contribution is 0.103. The molecule has 0 N–H and O–H groups in total. The van der Waals surface area contributed by atoms with E-state index in [0.29, 0.717) is 44.5 Å². The van der Waals surface area contributed by atoms with Crippen LogP contribution in [0.5, 0.6) is 11.5 Å². The molecular formula is C14H10Cl2O3S. The maximum Gasteiger partial charge on any atom is 0.195 e. The van der Waals surface area contributed by atoms with Crippen LogP contribution in [0.25, 0.3) is 0 Å². The Morgan fingerprint density at radius 2 is 1.85 bits per heavy atom. The van der Waals surface area contributed by atoms with Crippen LogP contribution >= 0.6 is 34.5 Å². The molecule has 0 amide bonds. The second-order valence-electron chi connectivity index (χ2n) is 4.28. The Balaban J connectivity index is 1.96. The summed E-state index contributed by atoms with van der Waals surface area (Å²) in [7, 11) is 0. The van der Waals surface area contributed by atoms with Gasteiger partial charge in [-0.3, -0.25) is 4.79 Å². The number of carbonyl (C=O) groups excluding carboxylic acids is 1. The van der Waals surface area contributed by atoms with E-state index >= 15 is 0 Å². The lowest BCUT2D eigenvalue weighted by atomic mass is 10.1. The minimum absolute atomic E-state index is 0.172. The first-order chi connectivity index (χ1) is 9.65. The predicted molar refractivity (Wildman–Crippen MR) is 79.8 cm³/mol. The van der Waals surface area contributed by atoms with Gasteiger partial charge >= 0.3 is 0 Å². The van der Waals surface area contributed by atoms with Gasteiger partial charge in [0.2, 0.25) is 0 Å². The van der Waals surface area contributed by atoms with Gasteiger partial charge in [-0.1, -0.05) is 23.2 Å². The second kappa shape index (κ2) is 5.64. The average molecular weight is 329 g/mol. The van der Waals surface area contributed by atoms with Gasteiger partial charge in [-0.15, -0.1) is 11.3 Å².